The van der Waals surface area contributed by atoms with Crippen LogP contribution in [-0.2, 0) is 20.0 Å². The summed E-state index contributed by atoms with van der Waals surface area (Å²) in [4.78, 5) is -0.645. The first-order chi connectivity index (χ1) is 13.2. The van der Waals surface area contributed by atoms with Gasteiger partial charge in [0.2, 0.25) is 0 Å². The zero-order valence-electron chi connectivity index (χ0n) is 15.4. The molecule has 0 aliphatic heterocycles. The lowest BCUT2D eigenvalue weighted by Gasteiger charge is -2.14. The summed E-state index contributed by atoms with van der Waals surface area (Å²) in [6.07, 6.45) is 0. The molecule has 28 heavy (non-hydrogen) atoms. The summed E-state index contributed by atoms with van der Waals surface area (Å²) in [5, 5.41) is 0. The van der Waals surface area contributed by atoms with Gasteiger partial charge in [-0.15, -0.1) is 0 Å². The molecule has 8 heteroatoms. The van der Waals surface area contributed by atoms with Crippen molar-refractivity contribution in [1.29, 1.82) is 0 Å². The van der Waals surface area contributed by atoms with Gasteiger partial charge in [-0.2, -0.15) is 0 Å². The highest BCUT2D eigenvalue weighted by molar-refractivity contribution is 7.95. The lowest BCUT2D eigenvalue weighted by molar-refractivity contribution is 0.588. The Morgan fingerprint density at radius 3 is 1.32 bits per heavy atom. The van der Waals surface area contributed by atoms with Gasteiger partial charge in [-0.3, -0.25) is 9.44 Å². The van der Waals surface area contributed by atoms with Crippen LogP contribution in [0, 0.1) is 13.8 Å². The van der Waals surface area contributed by atoms with Gasteiger partial charge in [-0.05, 0) is 61.4 Å². The minimum atomic E-state index is -4.11. The molecule has 6 nitrogen and oxygen atoms in total. The molecule has 3 rings (SSSR count). The summed E-state index contributed by atoms with van der Waals surface area (Å²) in [7, 11) is -8.23. The van der Waals surface area contributed by atoms with Gasteiger partial charge in [0.15, 0.2) is 0 Å². The van der Waals surface area contributed by atoms with E-state index < -0.39 is 20.0 Å². The van der Waals surface area contributed by atoms with E-state index in [-0.39, 0.29) is 9.79 Å². The maximum absolute atomic E-state index is 12.9. The SMILES string of the molecule is Cc1cccc(NS(=O)(=O)c2ccccc2S(=O)(=O)Nc2cccc(C)c2)c1. The smallest absolute Gasteiger partial charge is 0.263 e. The third kappa shape index (κ3) is 4.52. The highest BCUT2D eigenvalue weighted by Gasteiger charge is 2.26. The second-order valence-electron chi connectivity index (χ2n) is 6.40. The molecule has 0 aliphatic carbocycles. The van der Waals surface area contributed by atoms with Crippen LogP contribution in [0.15, 0.2) is 82.6 Å². The van der Waals surface area contributed by atoms with Crippen LogP contribution in [-0.4, -0.2) is 16.8 Å². The Morgan fingerprint density at radius 1 is 0.571 bits per heavy atom. The molecule has 0 saturated heterocycles. The van der Waals surface area contributed by atoms with Crippen molar-refractivity contribution >= 4 is 31.4 Å². The van der Waals surface area contributed by atoms with Gasteiger partial charge in [0.25, 0.3) is 20.0 Å². The van der Waals surface area contributed by atoms with Gasteiger partial charge in [0.05, 0.1) is 0 Å². The van der Waals surface area contributed by atoms with Crippen molar-refractivity contribution in [3.05, 3.63) is 83.9 Å². The van der Waals surface area contributed by atoms with Crippen LogP contribution in [0.2, 0.25) is 0 Å². The number of nitrogens with one attached hydrogen (secondary N) is 2. The average molecular weight is 417 g/mol. The van der Waals surface area contributed by atoms with Crippen LogP contribution < -0.4 is 9.44 Å². The first-order valence-corrected chi connectivity index (χ1v) is 11.4. The predicted molar refractivity (Wildman–Crippen MR) is 110 cm³/mol. The monoisotopic (exact) mass is 416 g/mol. The van der Waals surface area contributed by atoms with E-state index in [0.29, 0.717) is 11.4 Å². The third-order valence-electron chi connectivity index (χ3n) is 3.97. The Labute approximate surface area is 165 Å². The Balaban J connectivity index is 2.00. The lowest BCUT2D eigenvalue weighted by Crippen LogP contribution is -2.20. The Morgan fingerprint density at radius 2 is 0.964 bits per heavy atom. The number of benzene rings is 3. The number of rotatable bonds is 6. The number of hydrogen-bond donors (Lipinski definition) is 2. The maximum Gasteiger partial charge on any atom is 0.263 e. The predicted octanol–water partition coefficient (Wildman–Crippen LogP) is 3.91. The zero-order chi connectivity index (χ0) is 20.4. The summed E-state index contributed by atoms with van der Waals surface area (Å²) in [6, 6.07) is 19.1. The summed E-state index contributed by atoms with van der Waals surface area (Å²) >= 11 is 0. The molecule has 0 fully saturated rings. The molecule has 2 N–H and O–H groups in total. The van der Waals surface area contributed by atoms with Crippen molar-refractivity contribution in [1.82, 2.24) is 0 Å². The standard InChI is InChI=1S/C20H20N2O4S2/c1-15-7-5-9-17(13-15)21-27(23,24)19-11-3-4-12-20(19)28(25,26)22-18-10-6-8-16(2)14-18/h3-14,21-22H,1-2H3. The van der Waals surface area contributed by atoms with Gasteiger partial charge in [0.1, 0.15) is 9.79 Å². The number of aryl methyl sites for hydroxylation is 2. The third-order valence-corrected chi connectivity index (χ3v) is 6.98. The molecular weight excluding hydrogens is 396 g/mol. The van der Waals surface area contributed by atoms with E-state index in [0.717, 1.165) is 11.1 Å². The molecule has 0 amide bonds. The molecule has 0 radical (unpaired) electrons. The summed E-state index contributed by atoms with van der Waals surface area (Å²) in [6.45, 7) is 3.67. The van der Waals surface area contributed by atoms with Gasteiger partial charge in [-0.25, -0.2) is 16.8 Å². The fraction of sp³-hybridized carbons (Fsp3) is 0.100. The van der Waals surface area contributed by atoms with Gasteiger partial charge >= 0.3 is 0 Å². The lowest BCUT2D eigenvalue weighted by atomic mass is 10.2. The summed E-state index contributed by atoms with van der Waals surface area (Å²) < 4.78 is 56.4. The van der Waals surface area contributed by atoms with Gasteiger partial charge in [0, 0.05) is 11.4 Å². The Bertz CT molecular complexity index is 1120. The van der Waals surface area contributed by atoms with Crippen LogP contribution in [0.5, 0.6) is 0 Å². The van der Waals surface area contributed by atoms with E-state index in [1.807, 2.05) is 26.0 Å². The summed E-state index contributed by atoms with van der Waals surface area (Å²) in [5.41, 5.74) is 2.47. The van der Waals surface area contributed by atoms with Crippen molar-refractivity contribution in [2.45, 2.75) is 23.6 Å². The molecule has 3 aromatic rings. The average Bonchev–Trinajstić information content (AvgIpc) is 2.61. The van der Waals surface area contributed by atoms with E-state index in [1.54, 1.807) is 36.4 Å². The normalized spacial score (nSPS) is 11.8. The molecule has 0 aliphatic rings. The van der Waals surface area contributed by atoms with Crippen LogP contribution in [0.4, 0.5) is 11.4 Å². The fourth-order valence-electron chi connectivity index (χ4n) is 2.73. The van der Waals surface area contributed by atoms with Crippen molar-refractivity contribution in [2.24, 2.45) is 0 Å². The first kappa shape index (κ1) is 19.9. The highest BCUT2D eigenvalue weighted by Crippen LogP contribution is 2.26. The van der Waals surface area contributed by atoms with E-state index in [4.69, 9.17) is 0 Å². The number of anilines is 2. The molecule has 146 valence electrons. The molecule has 0 aromatic heterocycles. The van der Waals surface area contributed by atoms with E-state index in [2.05, 4.69) is 9.44 Å². The molecule has 0 bridgehead atoms. The molecule has 0 spiro atoms. The van der Waals surface area contributed by atoms with Crippen molar-refractivity contribution < 1.29 is 16.8 Å². The van der Waals surface area contributed by atoms with E-state index in [1.165, 1.54) is 24.3 Å². The van der Waals surface area contributed by atoms with Crippen LogP contribution in [0.3, 0.4) is 0 Å². The Kier molecular flexibility index (Phi) is 5.44. The van der Waals surface area contributed by atoms with E-state index >= 15 is 0 Å². The van der Waals surface area contributed by atoms with Gasteiger partial charge < -0.3 is 0 Å². The minimum absolute atomic E-state index is 0.323. The second kappa shape index (κ2) is 7.65. The largest absolute Gasteiger partial charge is 0.280 e. The van der Waals surface area contributed by atoms with Crippen LogP contribution in [0.1, 0.15) is 11.1 Å². The molecule has 0 atom stereocenters. The van der Waals surface area contributed by atoms with Crippen LogP contribution in [0.25, 0.3) is 0 Å². The van der Waals surface area contributed by atoms with Crippen molar-refractivity contribution in [3.63, 3.8) is 0 Å². The van der Waals surface area contributed by atoms with Crippen molar-refractivity contribution in [2.75, 3.05) is 9.44 Å². The van der Waals surface area contributed by atoms with Crippen LogP contribution >= 0.6 is 0 Å². The second-order valence-corrected chi connectivity index (χ2v) is 9.70. The molecule has 3 aromatic carbocycles. The zero-order valence-corrected chi connectivity index (χ0v) is 17.0. The Hall–Kier alpha value is -2.84. The molecular formula is C20H20N2O4S2. The maximum atomic E-state index is 12.9. The quantitative estimate of drug-likeness (QED) is 0.637. The molecule has 0 heterocycles. The number of sulfonamides is 2. The minimum Gasteiger partial charge on any atom is -0.280 e. The highest BCUT2D eigenvalue weighted by atomic mass is 32.2. The van der Waals surface area contributed by atoms with Gasteiger partial charge in [-0.1, -0.05) is 36.4 Å². The van der Waals surface area contributed by atoms with E-state index in [9.17, 15) is 16.8 Å². The molecule has 0 saturated carbocycles. The van der Waals surface area contributed by atoms with Crippen molar-refractivity contribution in [3.8, 4) is 0 Å². The topological polar surface area (TPSA) is 92.3 Å². The summed E-state index contributed by atoms with van der Waals surface area (Å²) in [5.74, 6) is 0. The fourth-order valence-corrected chi connectivity index (χ4v) is 5.67. The molecule has 0 unspecified atom stereocenters. The number of hydrogen-bond acceptors (Lipinski definition) is 4. The first-order valence-electron chi connectivity index (χ1n) is 8.45.